The zero-order valence-corrected chi connectivity index (χ0v) is 18.4. The zero-order chi connectivity index (χ0) is 21.2. The van der Waals surface area contributed by atoms with Gasteiger partial charge in [-0.25, -0.2) is 13.4 Å². The summed E-state index contributed by atoms with van der Waals surface area (Å²) in [5.41, 5.74) is 2.94. The Morgan fingerprint density at radius 3 is 2.17 bits per heavy atom. The first kappa shape index (κ1) is 21.2. The maximum Gasteiger partial charge on any atom is 0.209 e. The molecule has 3 aromatic rings. The number of hydrogen-bond donors (Lipinski definition) is 0. The van der Waals surface area contributed by atoms with Gasteiger partial charge in [0.25, 0.3) is 0 Å². The number of methoxy groups -OCH3 is 1. The van der Waals surface area contributed by atoms with E-state index in [0.29, 0.717) is 17.0 Å². The molecule has 0 aliphatic rings. The quantitative estimate of drug-likeness (QED) is 0.588. The molecular weight excluding hydrogens is 406 g/mol. The van der Waals surface area contributed by atoms with Gasteiger partial charge >= 0.3 is 0 Å². The van der Waals surface area contributed by atoms with E-state index in [0.717, 1.165) is 11.1 Å². The number of aryl methyl sites for hydroxylation is 3. The number of aromatic nitrogens is 1. The Balaban J connectivity index is 2.07. The number of pyridine rings is 1. The number of hydrogen-bond acceptors (Lipinski definition) is 5. The normalized spacial score (nSPS) is 12.6. The molecule has 0 bridgehead atoms. The Hall–Kier alpha value is -2.51. The number of rotatable bonds is 6. The van der Waals surface area contributed by atoms with Crippen molar-refractivity contribution in [3.05, 3.63) is 77.0 Å². The smallest absolute Gasteiger partial charge is 0.209 e. The van der Waals surface area contributed by atoms with E-state index < -0.39 is 20.6 Å². The number of nitrogens with zero attached hydrogens (tertiary/aromatic N) is 1. The van der Waals surface area contributed by atoms with Crippen LogP contribution in [0.1, 0.15) is 22.4 Å². The summed E-state index contributed by atoms with van der Waals surface area (Å²) in [6.45, 7) is 5.37. The summed E-state index contributed by atoms with van der Waals surface area (Å²) in [4.78, 5) is 4.56. The molecule has 0 aliphatic heterocycles. The molecule has 0 spiro atoms. The molecule has 1 unspecified atom stereocenters. The minimum Gasteiger partial charge on any atom is -0.497 e. The topological polar surface area (TPSA) is 73.3 Å². The molecule has 1 atom stereocenters. The third kappa shape index (κ3) is 4.57. The molecule has 0 fully saturated rings. The Morgan fingerprint density at radius 1 is 0.966 bits per heavy atom. The Kier molecular flexibility index (Phi) is 6.19. The van der Waals surface area contributed by atoms with Crippen molar-refractivity contribution in [1.82, 2.24) is 4.98 Å². The standard InChI is InChI=1S/C22H23NO4S2/c1-15-5-11-20(12-6-15)29(25,26)21-16(2)13-17(3)23-22(21)28(24)14-18-7-9-19(27-4)10-8-18/h5-13H,14H2,1-4H3. The van der Waals surface area contributed by atoms with Crippen molar-refractivity contribution in [2.75, 3.05) is 7.11 Å². The number of ether oxygens (including phenoxy) is 1. The fourth-order valence-corrected chi connectivity index (χ4v) is 6.39. The van der Waals surface area contributed by atoms with Crippen LogP contribution in [0.2, 0.25) is 0 Å². The van der Waals surface area contributed by atoms with Crippen LogP contribution >= 0.6 is 0 Å². The van der Waals surface area contributed by atoms with Crippen LogP contribution in [0.4, 0.5) is 0 Å². The van der Waals surface area contributed by atoms with Gasteiger partial charge in [-0.2, -0.15) is 0 Å². The Labute approximate surface area is 174 Å². The largest absolute Gasteiger partial charge is 0.497 e. The van der Waals surface area contributed by atoms with Gasteiger partial charge in [0.05, 0.1) is 28.6 Å². The van der Waals surface area contributed by atoms with E-state index in [9.17, 15) is 12.6 Å². The van der Waals surface area contributed by atoms with Crippen LogP contribution in [-0.4, -0.2) is 24.7 Å². The molecule has 5 nitrogen and oxygen atoms in total. The van der Waals surface area contributed by atoms with Gasteiger partial charge in [-0.05, 0) is 62.2 Å². The lowest BCUT2D eigenvalue weighted by atomic mass is 10.2. The fourth-order valence-electron chi connectivity index (χ4n) is 3.05. The molecule has 152 valence electrons. The van der Waals surface area contributed by atoms with Gasteiger partial charge in [-0.3, -0.25) is 4.21 Å². The van der Waals surface area contributed by atoms with Gasteiger partial charge in [0.15, 0.2) is 0 Å². The van der Waals surface area contributed by atoms with Crippen molar-refractivity contribution in [1.29, 1.82) is 0 Å². The van der Waals surface area contributed by atoms with Gasteiger partial charge in [0.1, 0.15) is 15.7 Å². The second-order valence-electron chi connectivity index (χ2n) is 6.87. The summed E-state index contributed by atoms with van der Waals surface area (Å²) in [6, 6.07) is 15.5. The second-order valence-corrected chi connectivity index (χ2v) is 10.1. The van der Waals surface area contributed by atoms with Gasteiger partial charge in [-0.15, -0.1) is 0 Å². The zero-order valence-electron chi connectivity index (χ0n) is 16.8. The third-order valence-corrected chi connectivity index (χ3v) is 7.93. The summed E-state index contributed by atoms with van der Waals surface area (Å²) in [6.07, 6.45) is 0. The molecule has 0 radical (unpaired) electrons. The summed E-state index contributed by atoms with van der Waals surface area (Å²) in [7, 11) is -3.91. The van der Waals surface area contributed by atoms with Gasteiger partial charge in [0, 0.05) is 5.69 Å². The molecule has 0 aliphatic carbocycles. The lowest BCUT2D eigenvalue weighted by Crippen LogP contribution is -2.13. The van der Waals surface area contributed by atoms with Crippen LogP contribution in [0.5, 0.6) is 5.75 Å². The van der Waals surface area contributed by atoms with Crippen LogP contribution in [0.15, 0.2) is 69.4 Å². The van der Waals surface area contributed by atoms with Crippen molar-refractivity contribution < 1.29 is 17.4 Å². The van der Waals surface area contributed by atoms with E-state index in [2.05, 4.69) is 4.98 Å². The number of sulfone groups is 1. The highest BCUT2D eigenvalue weighted by atomic mass is 32.2. The Bertz CT molecular complexity index is 1150. The van der Waals surface area contributed by atoms with Crippen LogP contribution in [-0.2, 0) is 26.4 Å². The highest BCUT2D eigenvalue weighted by Crippen LogP contribution is 2.30. The van der Waals surface area contributed by atoms with Gasteiger partial charge < -0.3 is 4.74 Å². The lowest BCUT2D eigenvalue weighted by molar-refractivity contribution is 0.414. The maximum atomic E-state index is 13.3. The van der Waals surface area contributed by atoms with Crippen molar-refractivity contribution in [3.8, 4) is 5.75 Å². The van der Waals surface area contributed by atoms with Crippen LogP contribution in [0.25, 0.3) is 0 Å². The minimum absolute atomic E-state index is 0.0267. The fraction of sp³-hybridized carbons (Fsp3) is 0.227. The molecule has 0 N–H and O–H groups in total. The molecule has 0 saturated carbocycles. The van der Waals surface area contributed by atoms with E-state index in [1.165, 1.54) is 0 Å². The molecule has 0 amide bonds. The first-order valence-electron chi connectivity index (χ1n) is 9.03. The molecule has 29 heavy (non-hydrogen) atoms. The van der Waals surface area contributed by atoms with Crippen LogP contribution in [0, 0.1) is 20.8 Å². The first-order valence-corrected chi connectivity index (χ1v) is 11.8. The molecule has 7 heteroatoms. The van der Waals surface area contributed by atoms with E-state index >= 15 is 0 Å². The van der Waals surface area contributed by atoms with Crippen molar-refractivity contribution in [2.45, 2.75) is 41.3 Å². The monoisotopic (exact) mass is 429 g/mol. The SMILES string of the molecule is COc1ccc(CS(=O)c2nc(C)cc(C)c2S(=O)(=O)c2ccc(C)cc2)cc1. The first-order chi connectivity index (χ1) is 13.7. The molecule has 0 saturated heterocycles. The summed E-state index contributed by atoms with van der Waals surface area (Å²) < 4.78 is 45.0. The van der Waals surface area contributed by atoms with Crippen LogP contribution < -0.4 is 4.74 Å². The lowest BCUT2D eigenvalue weighted by Gasteiger charge is -2.14. The molecular formula is C22H23NO4S2. The van der Waals surface area contributed by atoms with E-state index in [1.54, 1.807) is 63.4 Å². The highest BCUT2D eigenvalue weighted by molar-refractivity contribution is 7.92. The second kappa shape index (κ2) is 8.47. The average Bonchev–Trinajstić information content (AvgIpc) is 2.68. The van der Waals surface area contributed by atoms with E-state index in [-0.39, 0.29) is 20.6 Å². The van der Waals surface area contributed by atoms with Crippen molar-refractivity contribution in [2.24, 2.45) is 0 Å². The summed E-state index contributed by atoms with van der Waals surface area (Å²) in [5, 5.41) is 0.0962. The summed E-state index contributed by atoms with van der Waals surface area (Å²) in [5.74, 6) is 0.864. The average molecular weight is 430 g/mol. The van der Waals surface area contributed by atoms with Crippen LogP contribution in [0.3, 0.4) is 0 Å². The highest BCUT2D eigenvalue weighted by Gasteiger charge is 2.28. The predicted octanol–water partition coefficient (Wildman–Crippen LogP) is 4.16. The van der Waals surface area contributed by atoms with Gasteiger partial charge in [0.2, 0.25) is 9.84 Å². The predicted molar refractivity (Wildman–Crippen MR) is 113 cm³/mol. The van der Waals surface area contributed by atoms with Crippen molar-refractivity contribution in [3.63, 3.8) is 0 Å². The molecule has 2 aromatic carbocycles. The Morgan fingerprint density at radius 2 is 1.59 bits per heavy atom. The molecule has 1 heterocycles. The summed E-state index contributed by atoms with van der Waals surface area (Å²) >= 11 is 0. The number of benzene rings is 2. The molecule has 3 rings (SSSR count). The van der Waals surface area contributed by atoms with Gasteiger partial charge in [-0.1, -0.05) is 29.8 Å². The maximum absolute atomic E-state index is 13.3. The van der Waals surface area contributed by atoms with E-state index in [1.807, 2.05) is 19.1 Å². The minimum atomic E-state index is -3.86. The molecule has 1 aromatic heterocycles. The van der Waals surface area contributed by atoms with Crippen molar-refractivity contribution >= 4 is 20.6 Å². The van der Waals surface area contributed by atoms with E-state index in [4.69, 9.17) is 4.74 Å². The third-order valence-electron chi connectivity index (χ3n) is 4.53.